The molecule has 0 bridgehead atoms. The molecule has 0 spiro atoms. The Morgan fingerprint density at radius 1 is 1.00 bits per heavy atom. The molecular weight excluding hydrogens is 418 g/mol. The lowest BCUT2D eigenvalue weighted by atomic mass is 9.92. The molecule has 1 saturated heterocycles. The van der Waals surface area contributed by atoms with E-state index in [-0.39, 0.29) is 18.0 Å². The number of ether oxygens (including phenoxy) is 1. The summed E-state index contributed by atoms with van der Waals surface area (Å²) in [4.78, 5) is 0.370. The molecule has 4 rings (SSSR count). The van der Waals surface area contributed by atoms with Crippen LogP contribution in [0.25, 0.3) is 0 Å². The lowest BCUT2D eigenvalue weighted by Crippen LogP contribution is -2.20. The van der Waals surface area contributed by atoms with E-state index in [1.807, 2.05) is 68.5 Å². The van der Waals surface area contributed by atoms with E-state index in [1.54, 1.807) is 23.5 Å². The summed E-state index contributed by atoms with van der Waals surface area (Å²) in [7, 11) is -2.11. The van der Waals surface area contributed by atoms with Crippen LogP contribution < -0.4 is 4.74 Å². The molecule has 0 aliphatic carbocycles. The van der Waals surface area contributed by atoms with Gasteiger partial charge in [0, 0.05) is 12.0 Å². The van der Waals surface area contributed by atoms with Crippen molar-refractivity contribution in [3.63, 3.8) is 0 Å². The van der Waals surface area contributed by atoms with E-state index in [2.05, 4.69) is 18.7 Å². The van der Waals surface area contributed by atoms with E-state index in [4.69, 9.17) is 4.74 Å². The highest BCUT2D eigenvalue weighted by Gasteiger charge is 2.58. The number of methoxy groups -OCH3 is 1. The van der Waals surface area contributed by atoms with Crippen LogP contribution in [0.15, 0.2) is 90.3 Å². The zero-order valence-corrected chi connectivity index (χ0v) is 19.5. The second kappa shape index (κ2) is 8.93. The van der Waals surface area contributed by atoms with E-state index in [9.17, 15) is 8.42 Å². The molecule has 1 heterocycles. The van der Waals surface area contributed by atoms with Crippen molar-refractivity contribution in [1.29, 1.82) is 0 Å². The molecule has 166 valence electrons. The molecule has 3 aromatic rings. The van der Waals surface area contributed by atoms with Gasteiger partial charge in [0.1, 0.15) is 5.75 Å². The summed E-state index contributed by atoms with van der Waals surface area (Å²) in [5.74, 6) is 0.578. The SMILES string of the molecule is C=CC(c1ccccc1)[C@@H]1[C@H](Cc2ccccc2)N1S(=O)(=O)c1c(C)cc(OC)cc1C. The summed E-state index contributed by atoms with van der Waals surface area (Å²) >= 11 is 0. The minimum absolute atomic E-state index is 0.0847. The van der Waals surface area contributed by atoms with Crippen LogP contribution in [0.2, 0.25) is 0 Å². The number of rotatable bonds is 8. The first-order chi connectivity index (χ1) is 15.4. The Balaban J connectivity index is 1.76. The molecule has 4 nitrogen and oxygen atoms in total. The van der Waals surface area contributed by atoms with Crippen LogP contribution in [-0.4, -0.2) is 31.9 Å². The quantitative estimate of drug-likeness (QED) is 0.349. The van der Waals surface area contributed by atoms with Gasteiger partial charge < -0.3 is 4.74 Å². The molecule has 0 amide bonds. The minimum atomic E-state index is -3.70. The molecule has 0 N–H and O–H groups in total. The van der Waals surface area contributed by atoms with Crippen molar-refractivity contribution in [2.75, 3.05) is 7.11 Å². The molecule has 1 aliphatic rings. The molecule has 4 atom stereocenters. The highest BCUT2D eigenvalue weighted by molar-refractivity contribution is 7.89. The number of aryl methyl sites for hydroxylation is 2. The van der Waals surface area contributed by atoms with Gasteiger partial charge in [-0.25, -0.2) is 8.42 Å². The van der Waals surface area contributed by atoms with Gasteiger partial charge in [-0.3, -0.25) is 0 Å². The molecule has 1 aliphatic heterocycles. The number of nitrogens with zero attached hydrogens (tertiary/aromatic N) is 1. The Kier molecular flexibility index (Phi) is 6.22. The van der Waals surface area contributed by atoms with Gasteiger partial charge in [0.25, 0.3) is 0 Å². The summed E-state index contributed by atoms with van der Waals surface area (Å²) < 4.78 is 34.9. The zero-order valence-electron chi connectivity index (χ0n) is 18.7. The normalized spacial score (nSPS) is 21.0. The molecule has 0 aromatic heterocycles. The first-order valence-corrected chi connectivity index (χ1v) is 12.2. The van der Waals surface area contributed by atoms with Crippen molar-refractivity contribution in [2.45, 2.75) is 43.2 Å². The maximum absolute atomic E-state index is 13.9. The second-order valence-corrected chi connectivity index (χ2v) is 10.1. The predicted molar refractivity (Wildman–Crippen MR) is 129 cm³/mol. The topological polar surface area (TPSA) is 46.4 Å². The molecular formula is C27H29NO3S. The van der Waals surface area contributed by atoms with Crippen LogP contribution in [0.5, 0.6) is 5.75 Å². The summed E-state index contributed by atoms with van der Waals surface area (Å²) in [6, 6.07) is 23.3. The number of benzene rings is 3. The first-order valence-electron chi connectivity index (χ1n) is 10.8. The molecule has 5 heteroatoms. The largest absolute Gasteiger partial charge is 0.497 e. The molecule has 3 aromatic carbocycles. The van der Waals surface area contributed by atoms with Gasteiger partial charge in [-0.05, 0) is 54.7 Å². The molecule has 0 radical (unpaired) electrons. The van der Waals surface area contributed by atoms with Crippen LogP contribution in [0, 0.1) is 13.8 Å². The lowest BCUT2D eigenvalue weighted by molar-refractivity contribution is 0.413. The average molecular weight is 448 g/mol. The third kappa shape index (κ3) is 4.10. The van der Waals surface area contributed by atoms with Gasteiger partial charge in [-0.1, -0.05) is 66.7 Å². The van der Waals surface area contributed by atoms with E-state index in [0.29, 0.717) is 28.2 Å². The summed E-state index contributed by atoms with van der Waals surface area (Å²) in [5, 5.41) is 0. The van der Waals surface area contributed by atoms with Gasteiger partial charge >= 0.3 is 0 Å². The Bertz CT molecular complexity index is 1180. The van der Waals surface area contributed by atoms with Crippen LogP contribution in [0.3, 0.4) is 0 Å². The van der Waals surface area contributed by atoms with Crippen molar-refractivity contribution in [2.24, 2.45) is 0 Å². The summed E-state index contributed by atoms with van der Waals surface area (Å²) in [6.45, 7) is 7.71. The van der Waals surface area contributed by atoms with Crippen molar-refractivity contribution in [1.82, 2.24) is 4.31 Å². The Morgan fingerprint density at radius 3 is 2.09 bits per heavy atom. The van der Waals surface area contributed by atoms with Crippen molar-refractivity contribution < 1.29 is 13.2 Å². The highest BCUT2D eigenvalue weighted by atomic mass is 32.2. The smallest absolute Gasteiger partial charge is 0.244 e. The van der Waals surface area contributed by atoms with Gasteiger partial charge in [0.05, 0.1) is 18.0 Å². The van der Waals surface area contributed by atoms with Crippen LogP contribution >= 0.6 is 0 Å². The molecule has 32 heavy (non-hydrogen) atoms. The van der Waals surface area contributed by atoms with E-state index >= 15 is 0 Å². The fourth-order valence-corrected chi connectivity index (χ4v) is 7.00. The Hall–Kier alpha value is -2.89. The van der Waals surface area contributed by atoms with E-state index in [1.165, 1.54) is 0 Å². The molecule has 0 saturated carbocycles. The third-order valence-electron chi connectivity index (χ3n) is 6.22. The average Bonchev–Trinajstić information content (AvgIpc) is 3.49. The highest BCUT2D eigenvalue weighted by Crippen LogP contribution is 2.47. The van der Waals surface area contributed by atoms with Crippen LogP contribution in [-0.2, 0) is 16.4 Å². The van der Waals surface area contributed by atoms with E-state index in [0.717, 1.165) is 11.1 Å². The zero-order chi connectivity index (χ0) is 22.9. The molecule has 1 fully saturated rings. The minimum Gasteiger partial charge on any atom is -0.497 e. The van der Waals surface area contributed by atoms with Gasteiger partial charge in [0.2, 0.25) is 10.0 Å². The predicted octanol–water partition coefficient (Wildman–Crippen LogP) is 5.27. The van der Waals surface area contributed by atoms with Gasteiger partial charge in [0.15, 0.2) is 0 Å². The summed E-state index contributed by atoms with van der Waals surface area (Å²) in [6.07, 6.45) is 2.54. The van der Waals surface area contributed by atoms with Crippen LogP contribution in [0.4, 0.5) is 0 Å². The Labute approximate surface area is 191 Å². The standard InChI is InChI=1S/C27H29NO3S/c1-5-24(22-14-10-7-11-15-22)26-25(18-21-12-8-6-9-13-21)28(26)32(29,30)27-19(2)16-23(31-4)17-20(27)3/h5-17,24-26H,1,18H2,2-4H3/t24?,25-,26+,28?/m0/s1. The lowest BCUT2D eigenvalue weighted by Gasteiger charge is -2.16. The summed E-state index contributed by atoms with van der Waals surface area (Å²) in [5.41, 5.74) is 3.59. The third-order valence-corrected chi connectivity index (χ3v) is 8.45. The fraction of sp³-hybridized carbons (Fsp3) is 0.259. The second-order valence-electron chi connectivity index (χ2n) is 8.35. The van der Waals surface area contributed by atoms with Crippen molar-refractivity contribution in [3.05, 3.63) is 108 Å². The maximum atomic E-state index is 13.9. The van der Waals surface area contributed by atoms with Gasteiger partial charge in [-0.15, -0.1) is 6.58 Å². The number of hydrogen-bond acceptors (Lipinski definition) is 3. The van der Waals surface area contributed by atoms with Crippen LogP contribution in [0.1, 0.15) is 28.2 Å². The fourth-order valence-electron chi connectivity index (χ4n) is 4.77. The van der Waals surface area contributed by atoms with Crippen molar-refractivity contribution >= 4 is 10.0 Å². The van der Waals surface area contributed by atoms with E-state index < -0.39 is 10.0 Å². The number of sulfonamides is 1. The number of hydrogen-bond donors (Lipinski definition) is 0. The molecule has 2 unspecified atom stereocenters. The Morgan fingerprint density at radius 2 is 1.56 bits per heavy atom. The van der Waals surface area contributed by atoms with Crippen molar-refractivity contribution in [3.8, 4) is 5.75 Å². The maximum Gasteiger partial charge on any atom is 0.244 e. The van der Waals surface area contributed by atoms with Gasteiger partial charge in [-0.2, -0.15) is 4.31 Å². The first kappa shape index (κ1) is 22.3. The monoisotopic (exact) mass is 447 g/mol.